The Morgan fingerprint density at radius 3 is 2.59 bits per heavy atom. The van der Waals surface area contributed by atoms with Gasteiger partial charge in [-0.05, 0) is 30.0 Å². The Morgan fingerprint density at radius 1 is 1.32 bits per heavy atom. The Labute approximate surface area is 131 Å². The maximum absolute atomic E-state index is 11.2. The van der Waals surface area contributed by atoms with Gasteiger partial charge in [-0.3, -0.25) is 4.79 Å². The van der Waals surface area contributed by atoms with Crippen LogP contribution in [0.4, 0.5) is 0 Å². The molecule has 0 spiro atoms. The maximum Gasteiger partial charge on any atom is 0.320 e. The molecule has 0 aromatic heterocycles. The van der Waals surface area contributed by atoms with E-state index in [-0.39, 0.29) is 13.2 Å². The van der Waals surface area contributed by atoms with Gasteiger partial charge in [0.15, 0.2) is 11.5 Å². The van der Waals surface area contributed by atoms with Crippen LogP contribution in [0.2, 0.25) is 0 Å². The van der Waals surface area contributed by atoms with E-state index in [1.807, 2.05) is 19.9 Å². The first kappa shape index (κ1) is 18.3. The largest absolute Gasteiger partial charge is 0.493 e. The van der Waals surface area contributed by atoms with E-state index >= 15 is 0 Å². The maximum atomic E-state index is 11.2. The number of aliphatic carboxylic acids is 1. The molecule has 0 radical (unpaired) electrons. The number of nitrogens with one attached hydrogen (secondary N) is 1. The van der Waals surface area contributed by atoms with Crippen molar-refractivity contribution in [2.45, 2.75) is 32.9 Å². The highest BCUT2D eigenvalue weighted by Gasteiger charge is 2.18. The highest BCUT2D eigenvalue weighted by molar-refractivity contribution is 5.73. The van der Waals surface area contributed by atoms with Crippen LogP contribution in [-0.4, -0.2) is 42.5 Å². The van der Waals surface area contributed by atoms with E-state index < -0.39 is 12.0 Å². The number of hydrogen-bond donors (Lipinski definition) is 3. The van der Waals surface area contributed by atoms with Gasteiger partial charge in [0.05, 0.1) is 13.7 Å². The molecular weight excluding hydrogens is 286 g/mol. The molecule has 0 saturated carbocycles. The Balaban J connectivity index is 2.70. The van der Waals surface area contributed by atoms with E-state index in [0.29, 0.717) is 30.4 Å². The molecule has 3 N–H and O–H groups in total. The highest BCUT2D eigenvalue weighted by atomic mass is 16.5. The minimum atomic E-state index is -0.844. The molecule has 0 aliphatic carbocycles. The summed E-state index contributed by atoms with van der Waals surface area (Å²) in [6.07, 6.45) is 0.574. The van der Waals surface area contributed by atoms with Crippen LogP contribution in [-0.2, 0) is 11.3 Å². The fraction of sp³-hybridized carbons (Fsp3) is 0.562. The van der Waals surface area contributed by atoms with Crippen LogP contribution in [0.15, 0.2) is 18.2 Å². The summed E-state index contributed by atoms with van der Waals surface area (Å²) in [4.78, 5) is 11.2. The van der Waals surface area contributed by atoms with E-state index in [0.717, 1.165) is 5.56 Å². The Kier molecular flexibility index (Phi) is 7.70. The first-order chi connectivity index (χ1) is 10.5. The second kappa shape index (κ2) is 9.27. The molecule has 124 valence electrons. The summed E-state index contributed by atoms with van der Waals surface area (Å²) in [5, 5.41) is 21.0. The summed E-state index contributed by atoms with van der Waals surface area (Å²) in [7, 11) is 1.54. The molecule has 1 aromatic carbocycles. The average Bonchev–Trinajstić information content (AvgIpc) is 2.49. The number of benzene rings is 1. The molecule has 0 heterocycles. The fourth-order valence-corrected chi connectivity index (χ4v) is 2.08. The van der Waals surface area contributed by atoms with Gasteiger partial charge in [-0.2, -0.15) is 0 Å². The lowest BCUT2D eigenvalue weighted by Crippen LogP contribution is -2.37. The SMILES string of the molecule is COc1cc(CNC(CC(C)C)C(=O)O)ccc1OCCO. The molecule has 0 bridgehead atoms. The van der Waals surface area contributed by atoms with Gasteiger partial charge in [0.25, 0.3) is 0 Å². The minimum Gasteiger partial charge on any atom is -0.493 e. The Bertz CT molecular complexity index is 476. The molecule has 1 atom stereocenters. The average molecular weight is 311 g/mol. The number of methoxy groups -OCH3 is 1. The molecule has 1 aromatic rings. The number of hydrogen-bond acceptors (Lipinski definition) is 5. The molecule has 1 rings (SSSR count). The molecule has 0 aliphatic heterocycles. The molecule has 0 amide bonds. The fourth-order valence-electron chi connectivity index (χ4n) is 2.08. The van der Waals surface area contributed by atoms with Gasteiger partial charge in [0.2, 0.25) is 0 Å². The number of aliphatic hydroxyl groups excluding tert-OH is 1. The lowest BCUT2D eigenvalue weighted by atomic mass is 10.0. The summed E-state index contributed by atoms with van der Waals surface area (Å²) >= 11 is 0. The van der Waals surface area contributed by atoms with Crippen molar-refractivity contribution in [1.82, 2.24) is 5.32 Å². The zero-order chi connectivity index (χ0) is 16.5. The van der Waals surface area contributed by atoms with Crippen LogP contribution >= 0.6 is 0 Å². The molecular formula is C16H25NO5. The summed E-state index contributed by atoms with van der Waals surface area (Å²) in [5.74, 6) is 0.571. The zero-order valence-corrected chi connectivity index (χ0v) is 13.3. The van der Waals surface area contributed by atoms with E-state index in [1.165, 1.54) is 7.11 Å². The second-order valence-corrected chi connectivity index (χ2v) is 5.46. The Morgan fingerprint density at radius 2 is 2.05 bits per heavy atom. The standard InChI is InChI=1S/C16H25NO5/c1-11(2)8-13(16(19)20)17-10-12-4-5-14(22-7-6-18)15(9-12)21-3/h4-5,9,11,13,17-18H,6-8,10H2,1-3H3,(H,19,20). The van der Waals surface area contributed by atoms with Crippen molar-refractivity contribution in [3.8, 4) is 11.5 Å². The normalized spacial score (nSPS) is 12.2. The predicted molar refractivity (Wildman–Crippen MR) is 83.3 cm³/mol. The van der Waals surface area contributed by atoms with Crippen LogP contribution < -0.4 is 14.8 Å². The van der Waals surface area contributed by atoms with Crippen molar-refractivity contribution in [2.75, 3.05) is 20.3 Å². The number of rotatable bonds is 10. The number of aliphatic hydroxyl groups is 1. The van der Waals surface area contributed by atoms with Crippen molar-refractivity contribution < 1.29 is 24.5 Å². The molecule has 1 unspecified atom stereocenters. The third-order valence-electron chi connectivity index (χ3n) is 3.13. The van der Waals surface area contributed by atoms with Crippen molar-refractivity contribution in [3.05, 3.63) is 23.8 Å². The van der Waals surface area contributed by atoms with Gasteiger partial charge in [0, 0.05) is 6.54 Å². The molecule has 6 nitrogen and oxygen atoms in total. The number of carboxylic acids is 1. The van der Waals surface area contributed by atoms with E-state index in [9.17, 15) is 9.90 Å². The van der Waals surface area contributed by atoms with E-state index in [4.69, 9.17) is 14.6 Å². The van der Waals surface area contributed by atoms with Crippen LogP contribution in [0.5, 0.6) is 11.5 Å². The van der Waals surface area contributed by atoms with Gasteiger partial charge in [-0.15, -0.1) is 0 Å². The zero-order valence-electron chi connectivity index (χ0n) is 13.3. The van der Waals surface area contributed by atoms with Crippen molar-refractivity contribution in [1.29, 1.82) is 0 Å². The number of ether oxygens (including phenoxy) is 2. The summed E-state index contributed by atoms with van der Waals surface area (Å²) in [6, 6.07) is 4.82. The van der Waals surface area contributed by atoms with Crippen LogP contribution in [0.1, 0.15) is 25.8 Å². The predicted octanol–water partition coefficient (Wildman–Crippen LogP) is 1.66. The summed E-state index contributed by atoms with van der Waals surface area (Å²) in [6.45, 7) is 4.55. The monoisotopic (exact) mass is 311 g/mol. The van der Waals surface area contributed by atoms with E-state index in [1.54, 1.807) is 12.1 Å². The third kappa shape index (κ3) is 5.91. The molecule has 0 saturated heterocycles. The van der Waals surface area contributed by atoms with Crippen molar-refractivity contribution in [2.24, 2.45) is 5.92 Å². The first-order valence-electron chi connectivity index (χ1n) is 7.34. The third-order valence-corrected chi connectivity index (χ3v) is 3.13. The van der Waals surface area contributed by atoms with Crippen LogP contribution in [0, 0.1) is 5.92 Å². The molecule has 6 heteroatoms. The van der Waals surface area contributed by atoms with Crippen molar-refractivity contribution in [3.63, 3.8) is 0 Å². The van der Waals surface area contributed by atoms with Gasteiger partial charge in [-0.25, -0.2) is 0 Å². The molecule has 22 heavy (non-hydrogen) atoms. The first-order valence-corrected chi connectivity index (χ1v) is 7.34. The molecule has 0 aliphatic rings. The highest BCUT2D eigenvalue weighted by Crippen LogP contribution is 2.28. The lowest BCUT2D eigenvalue weighted by molar-refractivity contribution is -0.140. The van der Waals surface area contributed by atoms with Gasteiger partial charge < -0.3 is 25.0 Å². The van der Waals surface area contributed by atoms with Crippen LogP contribution in [0.25, 0.3) is 0 Å². The smallest absolute Gasteiger partial charge is 0.320 e. The van der Waals surface area contributed by atoms with E-state index in [2.05, 4.69) is 5.32 Å². The summed E-state index contributed by atoms with van der Waals surface area (Å²) in [5.41, 5.74) is 0.906. The van der Waals surface area contributed by atoms with Gasteiger partial charge >= 0.3 is 5.97 Å². The van der Waals surface area contributed by atoms with Gasteiger partial charge in [0.1, 0.15) is 12.6 Å². The van der Waals surface area contributed by atoms with Crippen molar-refractivity contribution >= 4 is 5.97 Å². The minimum absolute atomic E-state index is 0.0675. The van der Waals surface area contributed by atoms with Gasteiger partial charge in [-0.1, -0.05) is 19.9 Å². The second-order valence-electron chi connectivity index (χ2n) is 5.46. The van der Waals surface area contributed by atoms with Crippen LogP contribution in [0.3, 0.4) is 0 Å². The number of carbonyl (C=O) groups is 1. The lowest BCUT2D eigenvalue weighted by Gasteiger charge is -2.17. The Hall–Kier alpha value is -1.79. The quantitative estimate of drug-likeness (QED) is 0.609. The number of carboxylic acid groups (broad SMARTS) is 1. The molecule has 0 fully saturated rings. The topological polar surface area (TPSA) is 88.0 Å². The summed E-state index contributed by atoms with van der Waals surface area (Å²) < 4.78 is 10.6.